The number of piperidine rings is 1. The van der Waals surface area contributed by atoms with Crippen molar-refractivity contribution in [3.63, 3.8) is 0 Å². The van der Waals surface area contributed by atoms with Gasteiger partial charge in [-0.05, 0) is 47.0 Å². The Morgan fingerprint density at radius 2 is 2.05 bits per heavy atom. The number of rotatable bonds is 2. The molecule has 2 rings (SSSR count). The van der Waals surface area contributed by atoms with Crippen molar-refractivity contribution in [3.8, 4) is 0 Å². The van der Waals surface area contributed by atoms with Gasteiger partial charge >= 0.3 is 6.09 Å². The zero-order chi connectivity index (χ0) is 14.8. The number of hydrogen-bond donors (Lipinski definition) is 1. The lowest BCUT2D eigenvalue weighted by Crippen LogP contribution is -2.52. The maximum Gasteiger partial charge on any atom is 0.410 e. The third kappa shape index (κ3) is 4.35. The molecule has 0 spiro atoms. The Morgan fingerprint density at radius 1 is 1.30 bits per heavy atom. The predicted molar refractivity (Wildman–Crippen MR) is 77.8 cm³/mol. The minimum absolute atomic E-state index is 0.187. The summed E-state index contributed by atoms with van der Waals surface area (Å²) in [6.07, 6.45) is 2.88. The first-order valence-electron chi connectivity index (χ1n) is 7.68. The zero-order valence-electron chi connectivity index (χ0n) is 13.1. The Labute approximate surface area is 122 Å². The standard InChI is InChI=1S/C15H28N2O3/c1-11-9-12(16-13-6-8-19-10-13)5-7-17(11)14(18)20-15(2,3)4/h11-13,16H,5-10H2,1-4H3. The molecule has 0 radical (unpaired) electrons. The van der Waals surface area contributed by atoms with Gasteiger partial charge in [-0.3, -0.25) is 0 Å². The second kappa shape index (κ2) is 6.31. The van der Waals surface area contributed by atoms with E-state index in [2.05, 4.69) is 12.2 Å². The van der Waals surface area contributed by atoms with Crippen molar-refractivity contribution in [3.05, 3.63) is 0 Å². The number of hydrogen-bond acceptors (Lipinski definition) is 4. The summed E-state index contributed by atoms with van der Waals surface area (Å²) in [6.45, 7) is 10.3. The summed E-state index contributed by atoms with van der Waals surface area (Å²) >= 11 is 0. The summed E-state index contributed by atoms with van der Waals surface area (Å²) in [5.74, 6) is 0. The van der Waals surface area contributed by atoms with Crippen LogP contribution in [0.4, 0.5) is 4.79 Å². The Bertz CT molecular complexity index is 335. The largest absolute Gasteiger partial charge is 0.444 e. The zero-order valence-corrected chi connectivity index (χ0v) is 13.1. The van der Waals surface area contributed by atoms with Crippen LogP contribution in [0.3, 0.4) is 0 Å². The molecule has 0 aromatic heterocycles. The first kappa shape index (κ1) is 15.6. The Kier molecular flexibility index (Phi) is 4.91. The van der Waals surface area contributed by atoms with Crippen molar-refractivity contribution in [2.75, 3.05) is 19.8 Å². The van der Waals surface area contributed by atoms with Crippen molar-refractivity contribution < 1.29 is 14.3 Å². The fraction of sp³-hybridized carbons (Fsp3) is 0.933. The van der Waals surface area contributed by atoms with Crippen LogP contribution in [0.15, 0.2) is 0 Å². The highest BCUT2D eigenvalue weighted by molar-refractivity contribution is 5.68. The van der Waals surface area contributed by atoms with E-state index in [1.807, 2.05) is 25.7 Å². The van der Waals surface area contributed by atoms with E-state index in [9.17, 15) is 4.79 Å². The van der Waals surface area contributed by atoms with Crippen LogP contribution < -0.4 is 5.32 Å². The highest BCUT2D eigenvalue weighted by atomic mass is 16.6. The first-order chi connectivity index (χ1) is 9.35. The quantitative estimate of drug-likeness (QED) is 0.844. The predicted octanol–water partition coefficient (Wildman–Crippen LogP) is 2.15. The fourth-order valence-electron chi connectivity index (χ4n) is 2.91. The number of ether oxygens (including phenoxy) is 2. The maximum absolute atomic E-state index is 12.1. The molecule has 2 fully saturated rings. The highest BCUT2D eigenvalue weighted by Crippen LogP contribution is 2.21. The Balaban J connectivity index is 1.80. The van der Waals surface area contributed by atoms with E-state index in [0.717, 1.165) is 39.0 Å². The number of nitrogens with one attached hydrogen (secondary N) is 1. The lowest BCUT2D eigenvalue weighted by molar-refractivity contribution is 0.00892. The molecule has 2 saturated heterocycles. The van der Waals surface area contributed by atoms with Gasteiger partial charge in [0.25, 0.3) is 0 Å². The summed E-state index contributed by atoms with van der Waals surface area (Å²) in [5, 5.41) is 3.65. The van der Waals surface area contributed by atoms with Crippen molar-refractivity contribution >= 4 is 6.09 Å². The van der Waals surface area contributed by atoms with E-state index in [1.165, 1.54) is 0 Å². The molecule has 0 aromatic carbocycles. The summed E-state index contributed by atoms with van der Waals surface area (Å²) in [7, 11) is 0. The van der Waals surface area contributed by atoms with Crippen LogP contribution in [-0.4, -0.2) is 54.5 Å². The second-order valence-corrected chi connectivity index (χ2v) is 6.97. The summed E-state index contributed by atoms with van der Waals surface area (Å²) < 4.78 is 10.9. The lowest BCUT2D eigenvalue weighted by atomic mass is 9.97. The summed E-state index contributed by atoms with van der Waals surface area (Å²) in [4.78, 5) is 14.0. The number of likely N-dealkylation sites (tertiary alicyclic amines) is 1. The number of amides is 1. The molecule has 1 amide bonds. The van der Waals surface area contributed by atoms with E-state index < -0.39 is 5.60 Å². The average Bonchev–Trinajstić information content (AvgIpc) is 2.79. The van der Waals surface area contributed by atoms with Gasteiger partial charge in [0.1, 0.15) is 5.60 Å². The van der Waals surface area contributed by atoms with Gasteiger partial charge in [0.2, 0.25) is 0 Å². The summed E-state index contributed by atoms with van der Waals surface area (Å²) in [6, 6.07) is 1.19. The van der Waals surface area contributed by atoms with Gasteiger partial charge in [-0.15, -0.1) is 0 Å². The molecule has 2 aliphatic heterocycles. The van der Waals surface area contributed by atoms with Crippen molar-refractivity contribution in [1.82, 2.24) is 10.2 Å². The van der Waals surface area contributed by atoms with Gasteiger partial charge < -0.3 is 19.7 Å². The second-order valence-electron chi connectivity index (χ2n) is 6.97. The van der Waals surface area contributed by atoms with E-state index in [-0.39, 0.29) is 12.1 Å². The minimum Gasteiger partial charge on any atom is -0.444 e. The maximum atomic E-state index is 12.1. The van der Waals surface area contributed by atoms with Crippen molar-refractivity contribution in [2.45, 2.75) is 70.7 Å². The van der Waals surface area contributed by atoms with Gasteiger partial charge in [0.05, 0.1) is 6.61 Å². The van der Waals surface area contributed by atoms with E-state index in [0.29, 0.717) is 12.1 Å². The molecule has 2 aliphatic rings. The van der Waals surface area contributed by atoms with Gasteiger partial charge in [0.15, 0.2) is 0 Å². The third-order valence-electron chi connectivity index (χ3n) is 3.91. The molecule has 20 heavy (non-hydrogen) atoms. The van der Waals surface area contributed by atoms with Crippen LogP contribution in [-0.2, 0) is 9.47 Å². The average molecular weight is 284 g/mol. The number of carbonyl (C=O) groups is 1. The molecule has 0 bridgehead atoms. The SMILES string of the molecule is CC1CC(NC2CCOC2)CCN1C(=O)OC(C)(C)C. The van der Waals surface area contributed by atoms with Gasteiger partial charge in [-0.1, -0.05) is 0 Å². The fourth-order valence-corrected chi connectivity index (χ4v) is 2.91. The minimum atomic E-state index is -0.424. The van der Waals surface area contributed by atoms with Crippen LogP contribution in [0.1, 0.15) is 47.0 Å². The first-order valence-corrected chi connectivity index (χ1v) is 7.68. The summed E-state index contributed by atoms with van der Waals surface area (Å²) in [5.41, 5.74) is -0.424. The molecule has 0 saturated carbocycles. The number of nitrogens with zero attached hydrogens (tertiary/aromatic N) is 1. The monoisotopic (exact) mass is 284 g/mol. The van der Waals surface area contributed by atoms with Crippen LogP contribution in [0.5, 0.6) is 0 Å². The Morgan fingerprint density at radius 3 is 2.60 bits per heavy atom. The topological polar surface area (TPSA) is 50.8 Å². The molecule has 0 aliphatic carbocycles. The number of carbonyl (C=O) groups excluding carboxylic acids is 1. The van der Waals surface area contributed by atoms with Gasteiger partial charge in [0, 0.05) is 31.3 Å². The van der Waals surface area contributed by atoms with E-state index in [4.69, 9.17) is 9.47 Å². The molecule has 5 heteroatoms. The van der Waals surface area contributed by atoms with Gasteiger partial charge in [-0.2, -0.15) is 0 Å². The molecular formula is C15H28N2O3. The van der Waals surface area contributed by atoms with Crippen LogP contribution in [0.25, 0.3) is 0 Å². The molecule has 2 heterocycles. The third-order valence-corrected chi connectivity index (χ3v) is 3.91. The highest BCUT2D eigenvalue weighted by Gasteiger charge is 2.32. The van der Waals surface area contributed by atoms with Crippen LogP contribution in [0.2, 0.25) is 0 Å². The molecule has 5 nitrogen and oxygen atoms in total. The smallest absolute Gasteiger partial charge is 0.410 e. The molecule has 116 valence electrons. The van der Waals surface area contributed by atoms with Crippen LogP contribution >= 0.6 is 0 Å². The molecule has 0 aromatic rings. The van der Waals surface area contributed by atoms with Crippen molar-refractivity contribution in [1.29, 1.82) is 0 Å². The van der Waals surface area contributed by atoms with Crippen LogP contribution in [0, 0.1) is 0 Å². The molecule has 3 atom stereocenters. The molecule has 1 N–H and O–H groups in total. The molecule has 3 unspecified atom stereocenters. The van der Waals surface area contributed by atoms with Crippen molar-refractivity contribution in [2.24, 2.45) is 0 Å². The Hall–Kier alpha value is -0.810. The van der Waals surface area contributed by atoms with E-state index >= 15 is 0 Å². The normalized spacial score (nSPS) is 31.4. The molecular weight excluding hydrogens is 256 g/mol. The van der Waals surface area contributed by atoms with E-state index in [1.54, 1.807) is 0 Å². The lowest BCUT2D eigenvalue weighted by Gasteiger charge is -2.39. The van der Waals surface area contributed by atoms with Gasteiger partial charge in [-0.25, -0.2) is 4.79 Å².